The van der Waals surface area contributed by atoms with Gasteiger partial charge in [0.15, 0.2) is 7.38 Å². The molecule has 1 aliphatic carbocycles. The number of allylic oxidation sites excluding steroid dienone is 1. The van der Waals surface area contributed by atoms with Crippen molar-refractivity contribution < 1.29 is 0 Å². The molecule has 0 nitrogen and oxygen atoms in total. The molecule has 2 heteroatoms. The van der Waals surface area contributed by atoms with Crippen LogP contribution < -0.4 is 0 Å². The van der Waals surface area contributed by atoms with Crippen LogP contribution in [0.2, 0.25) is 13.1 Å². The summed E-state index contributed by atoms with van der Waals surface area (Å²) in [6.07, 6.45) is 2.38. The highest BCUT2D eigenvalue weighted by Crippen LogP contribution is 2.49. The van der Waals surface area contributed by atoms with Crippen LogP contribution in [0.4, 0.5) is 0 Å². The molecule has 3 rings (SSSR count). The largest absolute Gasteiger partial charge is 0.167 e. The first-order valence-electron chi connectivity index (χ1n) is 10.8. The van der Waals surface area contributed by atoms with Gasteiger partial charge in [-0.25, -0.2) is 0 Å². The zero-order chi connectivity index (χ0) is 21.9. The quantitative estimate of drug-likeness (QED) is 0.333. The second kappa shape index (κ2) is 7.13. The first kappa shape index (κ1) is 22.4. The lowest BCUT2D eigenvalue weighted by Gasteiger charge is -2.29. The number of benzene rings is 2. The molecule has 1 atom stereocenters. The van der Waals surface area contributed by atoms with Gasteiger partial charge in [0.05, 0.1) is 0 Å². The monoisotopic (exact) mass is 424 g/mol. The molecular formula is C27H37ClSi. The van der Waals surface area contributed by atoms with Gasteiger partial charge in [-0.2, -0.15) is 11.1 Å². The van der Waals surface area contributed by atoms with Crippen molar-refractivity contribution >= 4 is 24.5 Å². The average molecular weight is 425 g/mol. The fourth-order valence-corrected chi connectivity index (χ4v) is 7.58. The van der Waals surface area contributed by atoms with Gasteiger partial charge in [-0.15, -0.1) is 0 Å². The molecule has 2 aromatic rings. The summed E-state index contributed by atoms with van der Waals surface area (Å²) in [5, 5.41) is 0. The Morgan fingerprint density at radius 3 is 1.79 bits per heavy atom. The highest BCUT2D eigenvalue weighted by atomic mass is 35.6. The van der Waals surface area contributed by atoms with Crippen LogP contribution in [0.3, 0.4) is 0 Å². The van der Waals surface area contributed by atoms with Crippen molar-refractivity contribution in [3.8, 4) is 11.1 Å². The van der Waals surface area contributed by atoms with Crippen molar-refractivity contribution in [2.45, 2.75) is 84.9 Å². The summed E-state index contributed by atoms with van der Waals surface area (Å²) in [5.74, 6) is 0. The van der Waals surface area contributed by atoms with Crippen LogP contribution >= 0.6 is 11.1 Å². The van der Waals surface area contributed by atoms with E-state index in [1.165, 1.54) is 44.5 Å². The standard InChI is InChI=1S/C27H37ClSi/c1-17-11-12-22(24-23(17)13-18(2)25(24)29(9,10)28)19-14-20(26(3,4)5)16-21(15-19)27(6,7)8/h11-16,25H,1-10H3/t25-/m0/s1. The molecule has 2 aromatic carbocycles. The van der Waals surface area contributed by atoms with E-state index in [0.717, 1.165) is 0 Å². The molecule has 0 aromatic heterocycles. The zero-order valence-corrected chi connectivity index (χ0v) is 21.7. The van der Waals surface area contributed by atoms with Crippen LogP contribution in [0.1, 0.15) is 81.8 Å². The van der Waals surface area contributed by atoms with Crippen LogP contribution in [0.15, 0.2) is 35.9 Å². The highest BCUT2D eigenvalue weighted by Gasteiger charge is 2.39. The number of halogens is 1. The Hall–Kier alpha value is -1.31. The first-order valence-corrected chi connectivity index (χ1v) is 14.9. The van der Waals surface area contributed by atoms with Gasteiger partial charge in [-0.05, 0) is 63.6 Å². The van der Waals surface area contributed by atoms with E-state index >= 15 is 0 Å². The van der Waals surface area contributed by atoms with E-state index in [4.69, 9.17) is 11.1 Å². The van der Waals surface area contributed by atoms with Gasteiger partial charge < -0.3 is 0 Å². The molecule has 1 aliphatic rings. The summed E-state index contributed by atoms with van der Waals surface area (Å²) >= 11 is 7.08. The van der Waals surface area contributed by atoms with E-state index in [9.17, 15) is 0 Å². The average Bonchev–Trinajstić information content (AvgIpc) is 2.91. The van der Waals surface area contributed by atoms with E-state index in [1.54, 1.807) is 0 Å². The van der Waals surface area contributed by atoms with Crippen molar-refractivity contribution in [1.29, 1.82) is 0 Å². The molecule has 29 heavy (non-hydrogen) atoms. The summed E-state index contributed by atoms with van der Waals surface area (Å²) in [7, 11) is -1.92. The number of rotatable bonds is 2. The minimum Gasteiger partial charge on any atom is -0.167 e. The van der Waals surface area contributed by atoms with Crippen LogP contribution in [0, 0.1) is 6.92 Å². The van der Waals surface area contributed by atoms with E-state index in [2.05, 4.69) is 105 Å². The summed E-state index contributed by atoms with van der Waals surface area (Å²) in [6, 6.07) is 11.8. The number of hydrogen-bond donors (Lipinski definition) is 0. The van der Waals surface area contributed by atoms with E-state index in [1.807, 2.05) is 0 Å². The fourth-order valence-electron chi connectivity index (χ4n) is 4.57. The molecule has 0 radical (unpaired) electrons. The molecule has 0 fully saturated rings. The van der Waals surface area contributed by atoms with Crippen molar-refractivity contribution in [1.82, 2.24) is 0 Å². The Morgan fingerprint density at radius 1 is 0.828 bits per heavy atom. The molecule has 0 bridgehead atoms. The third-order valence-electron chi connectivity index (χ3n) is 6.28. The number of hydrogen-bond acceptors (Lipinski definition) is 0. The lowest BCUT2D eigenvalue weighted by molar-refractivity contribution is 0.569. The van der Waals surface area contributed by atoms with Gasteiger partial charge in [0.2, 0.25) is 0 Å². The number of aryl methyl sites for hydroxylation is 1. The molecule has 0 amide bonds. The Balaban J connectivity index is 2.34. The van der Waals surface area contributed by atoms with E-state index in [0.29, 0.717) is 5.54 Å². The molecule has 0 heterocycles. The molecule has 0 saturated carbocycles. The molecular weight excluding hydrogens is 388 g/mol. The van der Waals surface area contributed by atoms with Gasteiger partial charge in [0.25, 0.3) is 0 Å². The third kappa shape index (κ3) is 4.27. The minimum absolute atomic E-state index is 0.109. The lowest BCUT2D eigenvalue weighted by Crippen LogP contribution is -2.28. The predicted molar refractivity (Wildman–Crippen MR) is 134 cm³/mol. The topological polar surface area (TPSA) is 0 Å². The molecule has 156 valence electrons. The Morgan fingerprint density at radius 2 is 1.34 bits per heavy atom. The van der Waals surface area contributed by atoms with Crippen LogP contribution in [0.5, 0.6) is 0 Å². The Kier molecular flexibility index (Phi) is 5.50. The highest BCUT2D eigenvalue weighted by molar-refractivity contribution is 7.20. The van der Waals surface area contributed by atoms with Crippen molar-refractivity contribution in [2.75, 3.05) is 0 Å². The maximum atomic E-state index is 7.08. The fraction of sp³-hybridized carbons (Fsp3) is 0.481. The summed E-state index contributed by atoms with van der Waals surface area (Å²) < 4.78 is 0. The third-order valence-corrected chi connectivity index (χ3v) is 9.06. The van der Waals surface area contributed by atoms with E-state index < -0.39 is 7.38 Å². The lowest BCUT2D eigenvalue weighted by atomic mass is 9.78. The normalized spacial score (nSPS) is 17.3. The molecule has 0 spiro atoms. The van der Waals surface area contributed by atoms with Gasteiger partial charge >= 0.3 is 0 Å². The molecule has 0 unspecified atom stereocenters. The van der Waals surface area contributed by atoms with Gasteiger partial charge in [-0.1, -0.05) is 96.6 Å². The van der Waals surface area contributed by atoms with E-state index in [-0.39, 0.29) is 10.8 Å². The summed E-state index contributed by atoms with van der Waals surface area (Å²) in [6.45, 7) is 22.9. The smallest absolute Gasteiger partial charge is 0.161 e. The SMILES string of the molecule is CC1=Cc2c(C)ccc(-c3cc(C(C)(C)C)cc(C(C)(C)C)c3)c2[C@H]1[Si](C)(C)Cl. The van der Waals surface area contributed by atoms with Crippen molar-refractivity contribution in [3.05, 3.63) is 63.7 Å². The second-order valence-electron chi connectivity index (χ2n) is 11.4. The summed E-state index contributed by atoms with van der Waals surface area (Å²) in [5.41, 5.74) is 11.7. The molecule has 0 saturated heterocycles. The number of fused-ring (bicyclic) bond motifs is 1. The first-order chi connectivity index (χ1) is 13.1. The van der Waals surface area contributed by atoms with Crippen LogP contribution in [-0.4, -0.2) is 7.38 Å². The predicted octanol–water partition coefficient (Wildman–Crippen LogP) is 8.74. The second-order valence-corrected chi connectivity index (χ2v) is 18.1. The van der Waals surface area contributed by atoms with Crippen molar-refractivity contribution in [3.63, 3.8) is 0 Å². The van der Waals surface area contributed by atoms with Crippen LogP contribution in [-0.2, 0) is 10.8 Å². The maximum absolute atomic E-state index is 7.08. The zero-order valence-electron chi connectivity index (χ0n) is 19.9. The molecule has 0 N–H and O–H groups in total. The van der Waals surface area contributed by atoms with Crippen molar-refractivity contribution in [2.24, 2.45) is 0 Å². The van der Waals surface area contributed by atoms with Crippen LogP contribution in [0.25, 0.3) is 17.2 Å². The Bertz CT molecular complexity index is 943. The summed E-state index contributed by atoms with van der Waals surface area (Å²) in [4.78, 5) is 0. The Labute approximate surface area is 184 Å². The minimum atomic E-state index is -1.92. The van der Waals surface area contributed by atoms with Gasteiger partial charge in [0, 0.05) is 5.54 Å². The maximum Gasteiger partial charge on any atom is 0.161 e. The van der Waals surface area contributed by atoms with Gasteiger partial charge in [0.1, 0.15) is 0 Å². The van der Waals surface area contributed by atoms with Gasteiger partial charge in [-0.3, -0.25) is 0 Å². The molecule has 0 aliphatic heterocycles.